The van der Waals surface area contributed by atoms with Gasteiger partial charge in [0.15, 0.2) is 5.79 Å². The van der Waals surface area contributed by atoms with E-state index in [1.165, 1.54) is 10.1 Å². The molecule has 2 fully saturated rings. The van der Waals surface area contributed by atoms with Gasteiger partial charge in [-0.3, -0.25) is 0 Å². The SMILES string of the molecule is CC1(C)O[C@@H]2[C@H](O1)[C@@H](COC(c1ccccc1)(c1ccccc1)c1ccccc1)O[C@H]2c1cc2ccccc2s1. The molecule has 0 saturated carbocycles. The average molecular weight is 549 g/mol. The molecule has 2 saturated heterocycles. The molecule has 0 unspecified atom stereocenters. The van der Waals surface area contributed by atoms with Crippen LogP contribution in [0.1, 0.15) is 41.5 Å². The Kier molecular flexibility index (Phi) is 6.57. The van der Waals surface area contributed by atoms with E-state index < -0.39 is 11.4 Å². The molecule has 4 aromatic carbocycles. The van der Waals surface area contributed by atoms with E-state index in [-0.39, 0.29) is 24.4 Å². The van der Waals surface area contributed by atoms with E-state index in [4.69, 9.17) is 18.9 Å². The fraction of sp³-hybridized carbons (Fsp3) is 0.257. The molecule has 5 heteroatoms. The molecule has 7 rings (SSSR count). The van der Waals surface area contributed by atoms with Crippen LogP contribution in [0.3, 0.4) is 0 Å². The maximum atomic E-state index is 7.13. The Morgan fingerprint density at radius 2 is 1.23 bits per heavy atom. The van der Waals surface area contributed by atoms with Crippen molar-refractivity contribution in [3.8, 4) is 0 Å². The highest BCUT2D eigenvalue weighted by Gasteiger charge is 2.56. The topological polar surface area (TPSA) is 36.9 Å². The second kappa shape index (κ2) is 10.3. The summed E-state index contributed by atoms with van der Waals surface area (Å²) in [6.07, 6.45) is -0.990. The summed E-state index contributed by atoms with van der Waals surface area (Å²) >= 11 is 1.76. The lowest BCUT2D eigenvalue weighted by atomic mass is 9.80. The van der Waals surface area contributed by atoms with Crippen molar-refractivity contribution >= 4 is 21.4 Å². The second-order valence-corrected chi connectivity index (χ2v) is 12.1. The molecule has 3 heterocycles. The van der Waals surface area contributed by atoms with E-state index in [0.717, 1.165) is 21.6 Å². The summed E-state index contributed by atoms with van der Waals surface area (Å²) < 4.78 is 28.1. The van der Waals surface area contributed by atoms with E-state index in [0.29, 0.717) is 6.61 Å². The number of benzene rings is 4. The Bertz CT molecular complexity index is 1450. The molecule has 1 aromatic heterocycles. The second-order valence-electron chi connectivity index (χ2n) is 10.9. The van der Waals surface area contributed by atoms with Crippen LogP contribution in [0.25, 0.3) is 10.1 Å². The molecule has 0 amide bonds. The first-order valence-electron chi connectivity index (χ1n) is 13.8. The van der Waals surface area contributed by atoms with Gasteiger partial charge in [-0.1, -0.05) is 109 Å². The summed E-state index contributed by atoms with van der Waals surface area (Å²) in [5, 5.41) is 1.22. The first-order chi connectivity index (χ1) is 19.5. The molecule has 0 bridgehead atoms. The zero-order valence-corrected chi connectivity index (χ0v) is 23.4. The number of hydrogen-bond donors (Lipinski definition) is 0. The minimum Gasteiger partial charge on any atom is -0.361 e. The van der Waals surface area contributed by atoms with Gasteiger partial charge in [-0.25, -0.2) is 0 Å². The van der Waals surface area contributed by atoms with Gasteiger partial charge < -0.3 is 18.9 Å². The average Bonchev–Trinajstić information content (AvgIpc) is 3.66. The Labute approximate surface area is 239 Å². The standard InChI is InChI=1S/C35H32O4S/c1-34(2)38-31-28(37-32(33(31)39-34)30-22-24-14-12-13-21-29(24)40-30)23-36-35(25-15-6-3-7-16-25,26-17-8-4-9-18-26)27-19-10-5-11-20-27/h3-22,28,31-33H,23H2,1-2H3/t28-,31-,32+,33-/m1/s1. The highest BCUT2D eigenvalue weighted by Crippen LogP contribution is 2.49. The quantitative estimate of drug-likeness (QED) is 0.194. The highest BCUT2D eigenvalue weighted by molar-refractivity contribution is 7.19. The van der Waals surface area contributed by atoms with Crippen molar-refractivity contribution in [2.75, 3.05) is 6.61 Å². The molecule has 4 nitrogen and oxygen atoms in total. The Morgan fingerprint density at radius 3 is 1.80 bits per heavy atom. The molecule has 202 valence electrons. The van der Waals surface area contributed by atoms with Crippen LogP contribution in [0.4, 0.5) is 0 Å². The van der Waals surface area contributed by atoms with Crippen molar-refractivity contribution in [3.63, 3.8) is 0 Å². The van der Waals surface area contributed by atoms with Gasteiger partial charge >= 0.3 is 0 Å². The molecule has 0 N–H and O–H groups in total. The van der Waals surface area contributed by atoms with Gasteiger partial charge in [-0.15, -0.1) is 11.3 Å². The Hall–Kier alpha value is -3.32. The minimum atomic E-state index is -0.826. The molecular weight excluding hydrogens is 516 g/mol. The fourth-order valence-corrected chi connectivity index (χ4v) is 7.30. The zero-order valence-electron chi connectivity index (χ0n) is 22.6. The van der Waals surface area contributed by atoms with E-state index in [1.807, 2.05) is 32.0 Å². The normalized spacial score (nSPS) is 23.9. The third-order valence-electron chi connectivity index (χ3n) is 7.88. The number of fused-ring (bicyclic) bond motifs is 2. The highest BCUT2D eigenvalue weighted by atomic mass is 32.1. The van der Waals surface area contributed by atoms with Crippen molar-refractivity contribution < 1.29 is 18.9 Å². The van der Waals surface area contributed by atoms with Crippen LogP contribution in [0.2, 0.25) is 0 Å². The summed E-state index contributed by atoms with van der Waals surface area (Å²) in [6.45, 7) is 4.29. The number of ether oxygens (including phenoxy) is 4. The molecule has 0 radical (unpaired) electrons. The van der Waals surface area contributed by atoms with Crippen LogP contribution in [0.15, 0.2) is 121 Å². The summed E-state index contributed by atoms with van der Waals surface area (Å²) in [5.74, 6) is -0.693. The van der Waals surface area contributed by atoms with Crippen molar-refractivity contribution in [1.29, 1.82) is 0 Å². The third-order valence-corrected chi connectivity index (χ3v) is 9.06. The van der Waals surface area contributed by atoms with Gasteiger partial charge in [0.05, 0.1) is 6.61 Å². The zero-order chi connectivity index (χ0) is 27.2. The smallest absolute Gasteiger partial charge is 0.164 e. The van der Waals surface area contributed by atoms with Crippen molar-refractivity contribution in [3.05, 3.63) is 143 Å². The largest absolute Gasteiger partial charge is 0.361 e. The molecule has 5 aromatic rings. The molecule has 0 aliphatic carbocycles. The predicted molar refractivity (Wildman–Crippen MR) is 158 cm³/mol. The minimum absolute atomic E-state index is 0.212. The fourth-order valence-electron chi connectivity index (χ4n) is 6.16. The Morgan fingerprint density at radius 1 is 0.700 bits per heavy atom. The summed E-state index contributed by atoms with van der Waals surface area (Å²) in [4.78, 5) is 1.15. The maximum Gasteiger partial charge on any atom is 0.164 e. The van der Waals surface area contributed by atoms with Crippen molar-refractivity contribution in [1.82, 2.24) is 0 Å². The van der Waals surface area contributed by atoms with Gasteiger partial charge in [0.1, 0.15) is 30.0 Å². The van der Waals surface area contributed by atoms with Gasteiger partial charge in [0, 0.05) is 9.58 Å². The van der Waals surface area contributed by atoms with Crippen molar-refractivity contribution in [2.45, 2.75) is 49.7 Å². The van der Waals surface area contributed by atoms with Crippen LogP contribution < -0.4 is 0 Å². The van der Waals surface area contributed by atoms with Gasteiger partial charge in [-0.2, -0.15) is 0 Å². The molecule has 0 spiro atoms. The Balaban J connectivity index is 1.27. The predicted octanol–water partition coefficient (Wildman–Crippen LogP) is 7.87. The summed E-state index contributed by atoms with van der Waals surface area (Å²) in [5.41, 5.74) is 2.36. The van der Waals surface area contributed by atoms with Crippen LogP contribution in [-0.4, -0.2) is 30.7 Å². The van der Waals surface area contributed by atoms with Gasteiger partial charge in [-0.05, 0) is 48.1 Å². The summed E-state index contributed by atoms with van der Waals surface area (Å²) in [6, 6.07) is 42.0. The monoisotopic (exact) mass is 548 g/mol. The lowest BCUT2D eigenvalue weighted by Crippen LogP contribution is -2.39. The maximum absolute atomic E-state index is 7.13. The van der Waals surface area contributed by atoms with E-state index in [2.05, 4.69) is 103 Å². The van der Waals surface area contributed by atoms with E-state index in [9.17, 15) is 0 Å². The first kappa shape index (κ1) is 25.6. The van der Waals surface area contributed by atoms with Crippen LogP contribution >= 0.6 is 11.3 Å². The number of rotatable bonds is 7. The molecule has 2 aliphatic rings. The molecular formula is C35H32O4S. The molecule has 4 atom stereocenters. The van der Waals surface area contributed by atoms with Crippen LogP contribution in [-0.2, 0) is 24.5 Å². The van der Waals surface area contributed by atoms with Gasteiger partial charge in [0.2, 0.25) is 0 Å². The number of hydrogen-bond acceptors (Lipinski definition) is 5. The van der Waals surface area contributed by atoms with Crippen molar-refractivity contribution in [2.24, 2.45) is 0 Å². The van der Waals surface area contributed by atoms with E-state index in [1.54, 1.807) is 11.3 Å². The molecule has 2 aliphatic heterocycles. The number of thiophene rings is 1. The van der Waals surface area contributed by atoms with Crippen LogP contribution in [0, 0.1) is 0 Å². The summed E-state index contributed by atoms with van der Waals surface area (Å²) in [7, 11) is 0. The van der Waals surface area contributed by atoms with Crippen LogP contribution in [0.5, 0.6) is 0 Å². The van der Waals surface area contributed by atoms with Gasteiger partial charge in [0.25, 0.3) is 0 Å². The first-order valence-corrected chi connectivity index (χ1v) is 14.7. The van der Waals surface area contributed by atoms with E-state index >= 15 is 0 Å². The third kappa shape index (κ3) is 4.48. The lowest BCUT2D eigenvalue weighted by Gasteiger charge is -2.37. The molecule has 40 heavy (non-hydrogen) atoms. The lowest BCUT2D eigenvalue weighted by molar-refractivity contribution is -0.195.